The highest BCUT2D eigenvalue weighted by molar-refractivity contribution is 6.00. The second kappa shape index (κ2) is 10.2. The third-order valence-corrected chi connectivity index (χ3v) is 3.93. The highest BCUT2D eigenvalue weighted by Gasteiger charge is 2.38. The molecule has 0 fully saturated rings. The number of aromatic hydroxyl groups is 1. The summed E-state index contributed by atoms with van der Waals surface area (Å²) in [5.41, 5.74) is -0.815. The molecule has 150 valence electrons. The Morgan fingerprint density at radius 3 is 2.48 bits per heavy atom. The van der Waals surface area contributed by atoms with Gasteiger partial charge in [0.15, 0.2) is 17.0 Å². The summed E-state index contributed by atoms with van der Waals surface area (Å²) in [6.45, 7) is 5.92. The molecule has 1 aromatic heterocycles. The molecule has 0 radical (unpaired) electrons. The highest BCUT2D eigenvalue weighted by atomic mass is 16.6. The van der Waals surface area contributed by atoms with E-state index in [0.717, 1.165) is 0 Å². The van der Waals surface area contributed by atoms with Crippen molar-refractivity contribution < 1.29 is 33.6 Å². The minimum atomic E-state index is -0.959. The summed E-state index contributed by atoms with van der Waals surface area (Å²) in [6.07, 6.45) is 0. The molecule has 0 saturated carbocycles. The Labute approximate surface area is 158 Å². The Morgan fingerprint density at radius 2 is 1.85 bits per heavy atom. The number of nitrogens with zero attached hydrogens (tertiary/aromatic N) is 2. The van der Waals surface area contributed by atoms with Crippen LogP contribution in [0.4, 0.5) is 0 Å². The number of hydrogen-bond donors (Lipinski definition) is 1. The summed E-state index contributed by atoms with van der Waals surface area (Å²) in [7, 11) is 1.62. The van der Waals surface area contributed by atoms with E-state index in [9.17, 15) is 9.90 Å². The summed E-state index contributed by atoms with van der Waals surface area (Å²) in [5.74, 6) is 0.205. The lowest BCUT2D eigenvalue weighted by Gasteiger charge is -2.12. The molecule has 1 aliphatic heterocycles. The topological polar surface area (TPSA) is 109 Å². The van der Waals surface area contributed by atoms with E-state index in [4.69, 9.17) is 23.7 Å². The molecule has 0 unspecified atom stereocenters. The fourth-order valence-corrected chi connectivity index (χ4v) is 2.14. The predicted octanol–water partition coefficient (Wildman–Crippen LogP) is 0.970. The summed E-state index contributed by atoms with van der Waals surface area (Å²) in [6, 6.07) is 2.98. The Kier molecular flexibility index (Phi) is 7.96. The summed E-state index contributed by atoms with van der Waals surface area (Å²) in [4.78, 5) is 20.1. The van der Waals surface area contributed by atoms with E-state index in [2.05, 4.69) is 9.98 Å². The van der Waals surface area contributed by atoms with Crippen LogP contribution < -0.4 is 4.74 Å². The van der Waals surface area contributed by atoms with Gasteiger partial charge in [-0.25, -0.2) is 9.98 Å². The fraction of sp³-hybridized carbons (Fsp3) is 0.611. The first-order valence-electron chi connectivity index (χ1n) is 8.67. The molecule has 9 heteroatoms. The van der Waals surface area contributed by atoms with Crippen molar-refractivity contribution in [3.05, 3.63) is 17.8 Å². The standard InChI is InChI=1S/C18H26N2O7/c1-13(21)18(2)12-27-17(20-18)16-14(22)4-5-15(19-16)26-11-10-25-9-8-24-7-6-23-3/h4-5,22H,6-12H2,1-3H3/t18-/m1/s1. The number of ether oxygens (including phenoxy) is 5. The number of Topliss-reactive ketones (excluding diaryl/α,β-unsaturated/α-hetero) is 1. The van der Waals surface area contributed by atoms with Gasteiger partial charge in [-0.2, -0.15) is 0 Å². The minimum Gasteiger partial charge on any atom is -0.505 e. The van der Waals surface area contributed by atoms with Crippen LogP contribution in [0, 0.1) is 0 Å². The summed E-state index contributed by atoms with van der Waals surface area (Å²) < 4.78 is 26.5. The van der Waals surface area contributed by atoms with Gasteiger partial charge in [0.1, 0.15) is 19.0 Å². The predicted molar refractivity (Wildman–Crippen MR) is 96.5 cm³/mol. The molecule has 2 rings (SSSR count). The van der Waals surface area contributed by atoms with Crippen LogP contribution in [0.2, 0.25) is 0 Å². The lowest BCUT2D eigenvalue weighted by molar-refractivity contribution is -0.121. The largest absolute Gasteiger partial charge is 0.505 e. The number of aliphatic imine (C=N–C) groups is 1. The molecule has 9 nitrogen and oxygen atoms in total. The van der Waals surface area contributed by atoms with Crippen LogP contribution >= 0.6 is 0 Å². The number of ketones is 1. The Bertz CT molecular complexity index is 665. The van der Waals surface area contributed by atoms with Crippen molar-refractivity contribution in [3.63, 3.8) is 0 Å². The van der Waals surface area contributed by atoms with Crippen molar-refractivity contribution in [2.45, 2.75) is 19.4 Å². The number of aromatic nitrogens is 1. The van der Waals surface area contributed by atoms with Crippen LogP contribution in [0.5, 0.6) is 11.6 Å². The summed E-state index contributed by atoms with van der Waals surface area (Å²) in [5, 5.41) is 10.0. The first kappa shape index (κ1) is 21.1. The van der Waals surface area contributed by atoms with E-state index in [-0.39, 0.29) is 36.3 Å². The lowest BCUT2D eigenvalue weighted by atomic mass is 10.0. The van der Waals surface area contributed by atoms with E-state index in [1.807, 2.05) is 0 Å². The number of carbonyl (C=O) groups excluding carboxylic acids is 1. The molecule has 1 N–H and O–H groups in total. The van der Waals surface area contributed by atoms with Crippen molar-refractivity contribution in [2.24, 2.45) is 4.99 Å². The van der Waals surface area contributed by atoms with Gasteiger partial charge in [-0.05, 0) is 19.9 Å². The molecule has 2 heterocycles. The van der Waals surface area contributed by atoms with Crippen LogP contribution in [-0.2, 0) is 23.7 Å². The Balaban J connectivity index is 1.81. The molecule has 1 aromatic rings. The molecule has 0 bridgehead atoms. The maximum absolute atomic E-state index is 11.7. The number of methoxy groups -OCH3 is 1. The molecule has 0 aliphatic carbocycles. The van der Waals surface area contributed by atoms with Crippen molar-refractivity contribution in [3.8, 4) is 11.6 Å². The quantitative estimate of drug-likeness (QED) is 0.533. The molecular weight excluding hydrogens is 356 g/mol. The monoisotopic (exact) mass is 382 g/mol. The van der Waals surface area contributed by atoms with E-state index < -0.39 is 5.54 Å². The van der Waals surface area contributed by atoms with E-state index in [1.54, 1.807) is 14.0 Å². The van der Waals surface area contributed by atoms with Gasteiger partial charge >= 0.3 is 0 Å². The third-order valence-electron chi connectivity index (χ3n) is 3.93. The Morgan fingerprint density at radius 1 is 1.19 bits per heavy atom. The second-order valence-electron chi connectivity index (χ2n) is 6.12. The minimum absolute atomic E-state index is 0.0987. The van der Waals surface area contributed by atoms with Crippen molar-refractivity contribution in [1.82, 2.24) is 4.98 Å². The lowest BCUT2D eigenvalue weighted by Crippen LogP contribution is -2.32. The first-order chi connectivity index (χ1) is 13.0. The zero-order chi connectivity index (χ0) is 19.7. The molecule has 0 amide bonds. The van der Waals surface area contributed by atoms with Crippen molar-refractivity contribution in [2.75, 3.05) is 53.4 Å². The number of pyridine rings is 1. The Hall–Kier alpha value is -2.23. The van der Waals surface area contributed by atoms with Crippen LogP contribution in [-0.4, -0.2) is 80.7 Å². The van der Waals surface area contributed by atoms with Gasteiger partial charge in [-0.3, -0.25) is 4.79 Å². The molecular formula is C18H26N2O7. The van der Waals surface area contributed by atoms with Gasteiger partial charge in [0.25, 0.3) is 0 Å². The smallest absolute Gasteiger partial charge is 0.240 e. The van der Waals surface area contributed by atoms with Crippen LogP contribution in [0.1, 0.15) is 19.5 Å². The molecule has 0 saturated heterocycles. The maximum Gasteiger partial charge on any atom is 0.240 e. The average Bonchev–Trinajstić information content (AvgIpc) is 3.05. The van der Waals surface area contributed by atoms with Crippen molar-refractivity contribution in [1.29, 1.82) is 0 Å². The zero-order valence-corrected chi connectivity index (χ0v) is 15.9. The zero-order valence-electron chi connectivity index (χ0n) is 15.9. The molecule has 0 spiro atoms. The fourth-order valence-electron chi connectivity index (χ4n) is 2.14. The average molecular weight is 382 g/mol. The SMILES string of the molecule is COCCOCCOCCOc1ccc(O)c(C2=N[C@@](C)(C(C)=O)CO2)n1. The van der Waals surface area contributed by atoms with Gasteiger partial charge in [0.2, 0.25) is 11.8 Å². The van der Waals surface area contributed by atoms with E-state index >= 15 is 0 Å². The van der Waals surface area contributed by atoms with Gasteiger partial charge in [-0.15, -0.1) is 0 Å². The van der Waals surface area contributed by atoms with Gasteiger partial charge in [0.05, 0.1) is 33.0 Å². The number of carbonyl (C=O) groups is 1. The maximum atomic E-state index is 11.7. The van der Waals surface area contributed by atoms with Crippen molar-refractivity contribution >= 4 is 11.7 Å². The number of rotatable bonds is 12. The van der Waals surface area contributed by atoms with E-state index in [0.29, 0.717) is 38.9 Å². The summed E-state index contributed by atoms with van der Waals surface area (Å²) >= 11 is 0. The molecule has 27 heavy (non-hydrogen) atoms. The second-order valence-corrected chi connectivity index (χ2v) is 6.12. The normalized spacial score (nSPS) is 18.9. The van der Waals surface area contributed by atoms with Crippen LogP contribution in [0.25, 0.3) is 0 Å². The number of hydrogen-bond acceptors (Lipinski definition) is 9. The molecule has 0 aromatic carbocycles. The highest BCUT2D eigenvalue weighted by Crippen LogP contribution is 2.27. The molecule has 1 atom stereocenters. The molecule has 1 aliphatic rings. The van der Waals surface area contributed by atoms with Crippen LogP contribution in [0.15, 0.2) is 17.1 Å². The third kappa shape index (κ3) is 6.16. The van der Waals surface area contributed by atoms with Gasteiger partial charge in [0, 0.05) is 13.2 Å². The van der Waals surface area contributed by atoms with E-state index in [1.165, 1.54) is 19.1 Å². The van der Waals surface area contributed by atoms with Gasteiger partial charge < -0.3 is 28.8 Å². The first-order valence-corrected chi connectivity index (χ1v) is 8.67. The van der Waals surface area contributed by atoms with Crippen LogP contribution in [0.3, 0.4) is 0 Å². The van der Waals surface area contributed by atoms with Gasteiger partial charge in [-0.1, -0.05) is 0 Å².